The van der Waals surface area contributed by atoms with Gasteiger partial charge in [0.15, 0.2) is 5.76 Å². The van der Waals surface area contributed by atoms with Crippen LogP contribution in [0, 0.1) is 17.1 Å². The first-order valence-electron chi connectivity index (χ1n) is 9.90. The zero-order chi connectivity index (χ0) is 23.3. The minimum absolute atomic E-state index is 0.118. The van der Waals surface area contributed by atoms with Crippen molar-refractivity contribution in [2.75, 3.05) is 29.1 Å². The van der Waals surface area contributed by atoms with E-state index in [0.717, 1.165) is 35.2 Å². The molecular weight excluding hydrogens is 455 g/mol. The van der Waals surface area contributed by atoms with Crippen LogP contribution in [0.3, 0.4) is 0 Å². The number of sulfonamides is 1. The molecule has 1 fully saturated rings. The van der Waals surface area contributed by atoms with Crippen LogP contribution in [0.5, 0.6) is 0 Å². The van der Waals surface area contributed by atoms with Gasteiger partial charge in [0.25, 0.3) is 0 Å². The fraction of sp³-hybridized carbons (Fsp3) is 0.318. The second kappa shape index (κ2) is 7.90. The van der Waals surface area contributed by atoms with Crippen molar-refractivity contribution in [1.82, 2.24) is 0 Å². The zero-order valence-corrected chi connectivity index (χ0v) is 19.1. The van der Waals surface area contributed by atoms with Crippen LogP contribution in [0.15, 0.2) is 40.8 Å². The Morgan fingerprint density at radius 2 is 1.78 bits per heavy atom. The molecule has 0 spiro atoms. The number of benzene rings is 2. The van der Waals surface area contributed by atoms with E-state index in [1.165, 1.54) is 24.3 Å². The van der Waals surface area contributed by atoms with Crippen LogP contribution in [-0.2, 0) is 19.9 Å². The molecular formula is C22H21FN2O5S2. The van der Waals surface area contributed by atoms with Crippen molar-refractivity contribution in [1.29, 1.82) is 5.26 Å². The third-order valence-electron chi connectivity index (χ3n) is 5.41. The van der Waals surface area contributed by atoms with Gasteiger partial charge in [-0.15, -0.1) is 0 Å². The molecule has 1 aliphatic carbocycles. The van der Waals surface area contributed by atoms with Gasteiger partial charge in [0, 0.05) is 29.8 Å². The lowest BCUT2D eigenvalue weighted by atomic mass is 10.0. The highest BCUT2D eigenvalue weighted by atomic mass is 32.2. The second-order valence-corrected chi connectivity index (χ2v) is 12.2. The van der Waals surface area contributed by atoms with Crippen LogP contribution in [0.25, 0.3) is 22.3 Å². The van der Waals surface area contributed by atoms with Gasteiger partial charge in [-0.25, -0.2) is 21.2 Å². The number of nitriles is 1. The summed E-state index contributed by atoms with van der Waals surface area (Å²) in [6, 6.07) is 11.0. The molecule has 3 aromatic rings. The maximum atomic E-state index is 13.3. The summed E-state index contributed by atoms with van der Waals surface area (Å²) in [7, 11) is -7.18. The number of sulfone groups is 1. The van der Waals surface area contributed by atoms with Crippen molar-refractivity contribution in [3.05, 3.63) is 53.3 Å². The third kappa shape index (κ3) is 4.49. The summed E-state index contributed by atoms with van der Waals surface area (Å²) < 4.78 is 68.9. The van der Waals surface area contributed by atoms with Crippen molar-refractivity contribution in [2.45, 2.75) is 18.8 Å². The average Bonchev–Trinajstić information content (AvgIpc) is 3.47. The van der Waals surface area contributed by atoms with Crippen molar-refractivity contribution < 1.29 is 25.6 Å². The van der Waals surface area contributed by atoms with Gasteiger partial charge in [0.2, 0.25) is 10.0 Å². The van der Waals surface area contributed by atoms with Gasteiger partial charge in [-0.3, -0.25) is 4.31 Å². The minimum atomic E-state index is -3.78. The molecule has 32 heavy (non-hydrogen) atoms. The lowest BCUT2D eigenvalue weighted by Crippen LogP contribution is -2.34. The molecule has 0 atom stereocenters. The molecule has 1 heterocycles. The molecule has 7 nitrogen and oxygen atoms in total. The van der Waals surface area contributed by atoms with E-state index >= 15 is 0 Å². The minimum Gasteiger partial charge on any atom is -0.455 e. The van der Waals surface area contributed by atoms with E-state index in [1.807, 2.05) is 0 Å². The molecule has 4 rings (SSSR count). The van der Waals surface area contributed by atoms with Crippen LogP contribution in [0.4, 0.5) is 10.1 Å². The molecule has 0 aliphatic heterocycles. The SMILES string of the molecule is CS(=O)(=O)CCN(c1cc2oc(-c3ccc(F)cc3)c(C#N)c2cc1C1CC1)S(C)(=O)=O. The first kappa shape index (κ1) is 22.3. The highest BCUT2D eigenvalue weighted by Crippen LogP contribution is 2.47. The highest BCUT2D eigenvalue weighted by Gasteiger charge is 2.32. The Balaban J connectivity index is 1.92. The quantitative estimate of drug-likeness (QED) is 0.513. The lowest BCUT2D eigenvalue weighted by Gasteiger charge is -2.24. The molecule has 0 unspecified atom stereocenters. The van der Waals surface area contributed by atoms with E-state index < -0.39 is 25.7 Å². The van der Waals surface area contributed by atoms with Crippen LogP contribution < -0.4 is 4.31 Å². The molecule has 0 radical (unpaired) electrons. The Morgan fingerprint density at radius 3 is 2.31 bits per heavy atom. The third-order valence-corrected chi connectivity index (χ3v) is 7.51. The van der Waals surface area contributed by atoms with Crippen molar-refractivity contribution in [2.24, 2.45) is 0 Å². The Hall–Kier alpha value is -2.90. The van der Waals surface area contributed by atoms with Gasteiger partial charge in [0.1, 0.15) is 32.9 Å². The number of hydrogen-bond donors (Lipinski definition) is 0. The number of furan rings is 1. The van der Waals surface area contributed by atoms with Gasteiger partial charge in [-0.2, -0.15) is 5.26 Å². The van der Waals surface area contributed by atoms with Gasteiger partial charge < -0.3 is 4.42 Å². The summed E-state index contributed by atoms with van der Waals surface area (Å²) in [4.78, 5) is 0. The number of hydrogen-bond acceptors (Lipinski definition) is 6. The maximum absolute atomic E-state index is 13.3. The topological polar surface area (TPSA) is 108 Å². The molecule has 10 heteroatoms. The van der Waals surface area contributed by atoms with Gasteiger partial charge >= 0.3 is 0 Å². The molecule has 0 bridgehead atoms. The smallest absolute Gasteiger partial charge is 0.232 e. The fourth-order valence-electron chi connectivity index (χ4n) is 3.72. The van der Waals surface area contributed by atoms with E-state index in [1.54, 1.807) is 12.1 Å². The van der Waals surface area contributed by atoms with E-state index in [0.29, 0.717) is 22.2 Å². The fourth-order valence-corrected chi connectivity index (χ4v) is 5.28. The number of halogens is 1. The first-order chi connectivity index (χ1) is 15.0. The van der Waals surface area contributed by atoms with E-state index in [4.69, 9.17) is 4.42 Å². The highest BCUT2D eigenvalue weighted by molar-refractivity contribution is 7.92. The summed E-state index contributed by atoms with van der Waals surface area (Å²) in [6.07, 6.45) is 3.82. The number of fused-ring (bicyclic) bond motifs is 1. The first-order valence-corrected chi connectivity index (χ1v) is 13.8. The van der Waals surface area contributed by atoms with Gasteiger partial charge in [-0.1, -0.05) is 0 Å². The summed E-state index contributed by atoms with van der Waals surface area (Å²) in [6.45, 7) is -0.223. The Bertz CT molecular complexity index is 1450. The van der Waals surface area contributed by atoms with E-state index in [9.17, 15) is 26.5 Å². The normalized spacial score (nSPS) is 14.4. The summed E-state index contributed by atoms with van der Waals surface area (Å²) >= 11 is 0. The number of rotatable bonds is 7. The summed E-state index contributed by atoms with van der Waals surface area (Å²) in [5, 5.41) is 10.3. The molecule has 0 saturated heterocycles. The van der Waals surface area contributed by atoms with Crippen molar-refractivity contribution >= 4 is 36.5 Å². The Labute approximate surface area is 186 Å². The number of anilines is 1. The predicted octanol–water partition coefficient (Wildman–Crippen LogP) is 3.80. The molecule has 1 aromatic heterocycles. The van der Waals surface area contributed by atoms with Crippen molar-refractivity contribution in [3.63, 3.8) is 0 Å². The molecule has 0 amide bonds. The van der Waals surface area contributed by atoms with E-state index in [2.05, 4.69) is 6.07 Å². The number of nitrogens with zero attached hydrogens (tertiary/aromatic N) is 2. The van der Waals surface area contributed by atoms with Gasteiger partial charge in [-0.05, 0) is 54.7 Å². The summed E-state index contributed by atoms with van der Waals surface area (Å²) in [5.41, 5.74) is 2.19. The molecule has 1 saturated carbocycles. The van der Waals surface area contributed by atoms with Gasteiger partial charge in [0.05, 0.1) is 17.7 Å². The van der Waals surface area contributed by atoms with Crippen LogP contribution in [0.1, 0.15) is 29.9 Å². The maximum Gasteiger partial charge on any atom is 0.232 e. The van der Waals surface area contributed by atoms with Crippen LogP contribution >= 0.6 is 0 Å². The molecule has 168 valence electrons. The largest absolute Gasteiger partial charge is 0.455 e. The molecule has 2 aromatic carbocycles. The second-order valence-electron chi connectivity index (χ2n) is 8.07. The predicted molar refractivity (Wildman–Crippen MR) is 120 cm³/mol. The average molecular weight is 477 g/mol. The van der Waals surface area contributed by atoms with Crippen LogP contribution in [0.2, 0.25) is 0 Å². The van der Waals surface area contributed by atoms with Crippen LogP contribution in [-0.4, -0.2) is 41.6 Å². The zero-order valence-electron chi connectivity index (χ0n) is 17.5. The summed E-state index contributed by atoms with van der Waals surface area (Å²) in [5.74, 6) is -0.364. The van der Waals surface area contributed by atoms with Crippen molar-refractivity contribution in [3.8, 4) is 17.4 Å². The standard InChI is InChI=1S/C22H21FN2O5S2/c1-31(26,27)10-9-25(32(2,28)29)20-12-21-18(11-17(20)14-3-4-14)19(13-24)22(30-21)15-5-7-16(23)8-6-15/h5-8,11-12,14H,3-4,9-10H2,1-2H3. The lowest BCUT2D eigenvalue weighted by molar-refractivity contribution is 0.594. The Morgan fingerprint density at radius 1 is 1.12 bits per heavy atom. The molecule has 1 aliphatic rings. The van der Waals surface area contributed by atoms with E-state index in [-0.39, 0.29) is 29.5 Å². The molecule has 0 N–H and O–H groups in total. The Kier molecular flexibility index (Phi) is 5.51. The monoisotopic (exact) mass is 476 g/mol.